The summed E-state index contributed by atoms with van der Waals surface area (Å²) >= 11 is 0. The van der Waals surface area contributed by atoms with Gasteiger partial charge in [-0.25, -0.2) is 4.79 Å². The molecule has 0 bridgehead atoms. The summed E-state index contributed by atoms with van der Waals surface area (Å²) in [7, 11) is 0. The van der Waals surface area contributed by atoms with Gasteiger partial charge in [0.1, 0.15) is 12.4 Å². The molecule has 0 atom stereocenters. The van der Waals surface area contributed by atoms with Gasteiger partial charge in [0.25, 0.3) is 0 Å². The van der Waals surface area contributed by atoms with Gasteiger partial charge in [0.2, 0.25) is 0 Å². The third kappa shape index (κ3) is 15.0. The number of carboxylic acid groups (broad SMARTS) is 1. The highest BCUT2D eigenvalue weighted by Gasteiger charge is 2.02. The summed E-state index contributed by atoms with van der Waals surface area (Å²) < 4.78 is 11.2. The lowest BCUT2D eigenvalue weighted by Gasteiger charge is -2.07. The van der Waals surface area contributed by atoms with Crippen molar-refractivity contribution in [3.63, 3.8) is 0 Å². The van der Waals surface area contributed by atoms with E-state index in [0.29, 0.717) is 19.0 Å². The molecule has 1 N–H and O–H groups in total. The van der Waals surface area contributed by atoms with Crippen molar-refractivity contribution in [2.75, 3.05) is 19.8 Å². The predicted molar refractivity (Wildman–Crippen MR) is 120 cm³/mol. The van der Waals surface area contributed by atoms with E-state index < -0.39 is 5.97 Å². The number of carboxylic acids is 1. The maximum absolute atomic E-state index is 10.8. The van der Waals surface area contributed by atoms with Gasteiger partial charge in [-0.15, -0.1) is 0 Å². The van der Waals surface area contributed by atoms with Crippen LogP contribution in [0.5, 0.6) is 5.75 Å². The summed E-state index contributed by atoms with van der Waals surface area (Å²) in [6.45, 7) is 4.13. The Kier molecular flexibility index (Phi) is 16.2. The molecular weight excluding hydrogens is 364 g/mol. The Hall–Kier alpha value is -1.55. The van der Waals surface area contributed by atoms with Gasteiger partial charge in [0.15, 0.2) is 0 Å². The molecule has 0 saturated carbocycles. The average Bonchev–Trinajstić information content (AvgIpc) is 2.73. The molecule has 0 aliphatic rings. The summed E-state index contributed by atoms with van der Waals surface area (Å²) in [6.07, 6.45) is 19.1. The fraction of sp³-hybridized carbons (Fsp3) is 0.720. The Morgan fingerprint density at radius 3 is 1.66 bits per heavy atom. The van der Waals surface area contributed by atoms with Gasteiger partial charge in [-0.1, -0.05) is 90.4 Å². The molecule has 0 saturated heterocycles. The number of benzene rings is 1. The van der Waals surface area contributed by atoms with Crippen molar-refractivity contribution in [2.45, 2.75) is 96.8 Å². The van der Waals surface area contributed by atoms with Crippen LogP contribution in [0.25, 0.3) is 0 Å². The zero-order chi connectivity index (χ0) is 21.0. The molecule has 0 aliphatic heterocycles. The summed E-state index contributed by atoms with van der Waals surface area (Å²) in [5.74, 6) is -0.247. The molecule has 4 nitrogen and oxygen atoms in total. The molecule has 0 aromatic heterocycles. The third-order valence-electron chi connectivity index (χ3n) is 5.24. The van der Waals surface area contributed by atoms with Gasteiger partial charge >= 0.3 is 5.97 Å². The molecule has 1 aromatic rings. The Labute approximate surface area is 178 Å². The molecule has 1 rings (SSSR count). The smallest absolute Gasteiger partial charge is 0.335 e. The molecule has 1 aromatic carbocycles. The highest BCUT2D eigenvalue weighted by molar-refractivity contribution is 5.87. The highest BCUT2D eigenvalue weighted by atomic mass is 16.5. The highest BCUT2D eigenvalue weighted by Crippen LogP contribution is 2.13. The first-order valence-corrected chi connectivity index (χ1v) is 11.8. The minimum Gasteiger partial charge on any atom is -0.491 e. The molecule has 166 valence electrons. The van der Waals surface area contributed by atoms with Crippen LogP contribution in [0.2, 0.25) is 0 Å². The fourth-order valence-corrected chi connectivity index (χ4v) is 3.41. The Morgan fingerprint density at radius 1 is 0.690 bits per heavy atom. The van der Waals surface area contributed by atoms with Crippen LogP contribution in [0.4, 0.5) is 0 Å². The van der Waals surface area contributed by atoms with E-state index in [9.17, 15) is 4.79 Å². The van der Waals surface area contributed by atoms with E-state index in [1.54, 1.807) is 24.3 Å². The van der Waals surface area contributed by atoms with Crippen molar-refractivity contribution in [3.05, 3.63) is 29.8 Å². The van der Waals surface area contributed by atoms with Crippen LogP contribution in [0, 0.1) is 0 Å². The maximum Gasteiger partial charge on any atom is 0.335 e. The lowest BCUT2D eigenvalue weighted by molar-refractivity contribution is 0.0696. The van der Waals surface area contributed by atoms with Crippen LogP contribution in [-0.2, 0) is 4.74 Å². The molecule has 0 heterocycles. The van der Waals surface area contributed by atoms with Crippen molar-refractivity contribution in [2.24, 2.45) is 0 Å². The number of rotatable bonds is 20. The largest absolute Gasteiger partial charge is 0.491 e. The van der Waals surface area contributed by atoms with E-state index in [-0.39, 0.29) is 5.56 Å². The first kappa shape index (κ1) is 25.5. The zero-order valence-corrected chi connectivity index (χ0v) is 18.5. The summed E-state index contributed by atoms with van der Waals surface area (Å²) in [4.78, 5) is 10.8. The van der Waals surface area contributed by atoms with Crippen LogP contribution >= 0.6 is 0 Å². The Balaban J connectivity index is 1.77. The van der Waals surface area contributed by atoms with Gasteiger partial charge in [0, 0.05) is 6.61 Å². The van der Waals surface area contributed by atoms with Crippen molar-refractivity contribution in [1.29, 1.82) is 0 Å². The van der Waals surface area contributed by atoms with E-state index in [4.69, 9.17) is 14.6 Å². The van der Waals surface area contributed by atoms with Gasteiger partial charge in [0.05, 0.1) is 12.2 Å². The number of unbranched alkanes of at least 4 members (excludes halogenated alkanes) is 13. The van der Waals surface area contributed by atoms with Crippen LogP contribution in [-0.4, -0.2) is 30.9 Å². The number of carbonyl (C=O) groups is 1. The first-order chi connectivity index (χ1) is 14.2. The molecular formula is C25H42O4. The molecule has 0 unspecified atom stereocenters. The number of hydrogen-bond donors (Lipinski definition) is 1. The van der Waals surface area contributed by atoms with E-state index in [1.807, 2.05) is 0 Å². The third-order valence-corrected chi connectivity index (χ3v) is 5.24. The van der Waals surface area contributed by atoms with Gasteiger partial charge in [-0.05, 0) is 30.7 Å². The fourth-order valence-electron chi connectivity index (χ4n) is 3.41. The quantitative estimate of drug-likeness (QED) is 0.231. The second kappa shape index (κ2) is 18.5. The maximum atomic E-state index is 10.8. The lowest BCUT2D eigenvalue weighted by Crippen LogP contribution is -2.07. The van der Waals surface area contributed by atoms with E-state index >= 15 is 0 Å². The van der Waals surface area contributed by atoms with Crippen LogP contribution in [0.1, 0.15) is 107 Å². The average molecular weight is 407 g/mol. The minimum atomic E-state index is -0.923. The molecule has 29 heavy (non-hydrogen) atoms. The normalized spacial score (nSPS) is 10.9. The molecule has 0 spiro atoms. The van der Waals surface area contributed by atoms with E-state index in [2.05, 4.69) is 6.92 Å². The van der Waals surface area contributed by atoms with Crippen LogP contribution in [0.15, 0.2) is 24.3 Å². The minimum absolute atomic E-state index is 0.270. The van der Waals surface area contributed by atoms with Crippen LogP contribution < -0.4 is 4.74 Å². The van der Waals surface area contributed by atoms with E-state index in [1.165, 1.54) is 83.5 Å². The standard InChI is InChI=1S/C25H42O4/c1-2-3-4-5-6-7-8-9-10-11-12-13-14-15-20-28-21-22-29-24-18-16-23(17-19-24)25(26)27/h16-19H,2-15,20-22H2,1H3,(H,26,27). The van der Waals surface area contributed by atoms with Gasteiger partial charge in [-0.2, -0.15) is 0 Å². The topological polar surface area (TPSA) is 55.8 Å². The van der Waals surface area contributed by atoms with Crippen LogP contribution in [0.3, 0.4) is 0 Å². The molecule has 0 amide bonds. The SMILES string of the molecule is CCCCCCCCCCCCCCCCOCCOc1ccc(C(=O)O)cc1. The lowest BCUT2D eigenvalue weighted by atomic mass is 10.0. The van der Waals surface area contributed by atoms with Crippen molar-refractivity contribution in [3.8, 4) is 5.75 Å². The number of ether oxygens (including phenoxy) is 2. The van der Waals surface area contributed by atoms with Crippen molar-refractivity contribution in [1.82, 2.24) is 0 Å². The molecule has 4 heteroatoms. The second-order valence-electron chi connectivity index (χ2n) is 7.89. The molecule has 0 fully saturated rings. The van der Waals surface area contributed by atoms with Gasteiger partial charge in [-0.3, -0.25) is 0 Å². The molecule has 0 aliphatic carbocycles. The first-order valence-electron chi connectivity index (χ1n) is 11.8. The van der Waals surface area contributed by atoms with Gasteiger partial charge < -0.3 is 14.6 Å². The number of hydrogen-bond acceptors (Lipinski definition) is 3. The zero-order valence-electron chi connectivity index (χ0n) is 18.5. The monoisotopic (exact) mass is 406 g/mol. The van der Waals surface area contributed by atoms with Crippen molar-refractivity contribution >= 4 is 5.97 Å². The predicted octanol–water partition coefficient (Wildman–Crippen LogP) is 7.26. The van der Waals surface area contributed by atoms with E-state index in [0.717, 1.165) is 13.0 Å². The van der Waals surface area contributed by atoms with Crippen molar-refractivity contribution < 1.29 is 19.4 Å². The second-order valence-corrected chi connectivity index (χ2v) is 7.89. The Morgan fingerprint density at radius 2 is 1.17 bits per heavy atom. The molecule has 0 radical (unpaired) electrons. The Bertz CT molecular complexity index is 498. The summed E-state index contributed by atoms with van der Waals surface area (Å²) in [5, 5.41) is 8.85. The number of aromatic carboxylic acids is 1. The summed E-state index contributed by atoms with van der Waals surface area (Å²) in [6, 6.07) is 6.45. The summed E-state index contributed by atoms with van der Waals surface area (Å²) in [5.41, 5.74) is 0.270.